The highest BCUT2D eigenvalue weighted by molar-refractivity contribution is 5.75. The van der Waals surface area contributed by atoms with Crippen molar-refractivity contribution in [2.75, 3.05) is 6.61 Å². The number of para-hydroxylation sites is 1. The number of fused-ring (bicyclic) bond motifs is 1. The van der Waals surface area contributed by atoms with E-state index < -0.39 is 0 Å². The molecule has 5 nitrogen and oxygen atoms in total. The normalized spacial score (nSPS) is 28.4. The first-order valence-electron chi connectivity index (χ1n) is 9.12. The lowest BCUT2D eigenvalue weighted by atomic mass is 9.73. The quantitative estimate of drug-likeness (QED) is 0.894. The molecule has 2 amide bonds. The highest BCUT2D eigenvalue weighted by Gasteiger charge is 2.45. The third-order valence-corrected chi connectivity index (χ3v) is 5.65. The molecule has 1 spiro atoms. The molecule has 0 aromatic heterocycles. The molecule has 2 heterocycles. The lowest BCUT2D eigenvalue weighted by Crippen LogP contribution is -2.52. The second-order valence-corrected chi connectivity index (χ2v) is 7.39. The summed E-state index contributed by atoms with van der Waals surface area (Å²) in [6.45, 7) is 2.81. The first-order chi connectivity index (χ1) is 11.7. The molecule has 2 N–H and O–H groups in total. The van der Waals surface area contributed by atoms with E-state index in [0.717, 1.165) is 50.0 Å². The molecule has 4 rings (SSSR count). The van der Waals surface area contributed by atoms with E-state index in [0.29, 0.717) is 0 Å². The largest absolute Gasteiger partial charge is 0.487 e. The standard InChI is InChI=1S/C19H26N2O3/c1-13(16-8-4-11-23-16)20-18(22)21-15-12-19(9-5-10-19)24-17-7-3-2-6-14(15)17/h2-3,6-7,13,15-16H,4-5,8-12H2,1H3,(H2,20,21,22)/t13-,15+,16+/m0/s1. The fourth-order valence-corrected chi connectivity index (χ4v) is 4.12. The first kappa shape index (κ1) is 15.8. The molecule has 2 fully saturated rings. The number of urea groups is 1. The van der Waals surface area contributed by atoms with Crippen LogP contribution in [0.4, 0.5) is 4.79 Å². The molecule has 3 atom stereocenters. The third kappa shape index (κ3) is 2.97. The van der Waals surface area contributed by atoms with Gasteiger partial charge >= 0.3 is 6.03 Å². The summed E-state index contributed by atoms with van der Waals surface area (Å²) in [6.07, 6.45) is 6.44. The summed E-state index contributed by atoms with van der Waals surface area (Å²) >= 11 is 0. The van der Waals surface area contributed by atoms with Crippen molar-refractivity contribution in [2.24, 2.45) is 0 Å². The zero-order valence-corrected chi connectivity index (χ0v) is 14.2. The van der Waals surface area contributed by atoms with Crippen LogP contribution in [0.25, 0.3) is 0 Å². The van der Waals surface area contributed by atoms with Gasteiger partial charge in [-0.2, -0.15) is 0 Å². The van der Waals surface area contributed by atoms with Crippen molar-refractivity contribution in [2.45, 2.75) is 69.2 Å². The Morgan fingerprint density at radius 2 is 2.12 bits per heavy atom. The van der Waals surface area contributed by atoms with Crippen LogP contribution in [0, 0.1) is 0 Å². The fourth-order valence-electron chi connectivity index (χ4n) is 4.12. The molecule has 1 saturated carbocycles. The highest BCUT2D eigenvalue weighted by atomic mass is 16.5. The van der Waals surface area contributed by atoms with Gasteiger partial charge in [-0.15, -0.1) is 0 Å². The molecule has 0 radical (unpaired) electrons. The van der Waals surface area contributed by atoms with E-state index in [9.17, 15) is 4.79 Å². The monoisotopic (exact) mass is 330 g/mol. The molecule has 1 aromatic rings. The number of benzene rings is 1. The summed E-state index contributed by atoms with van der Waals surface area (Å²) in [5.74, 6) is 0.918. The maximum atomic E-state index is 12.5. The lowest BCUT2D eigenvalue weighted by molar-refractivity contribution is -0.0356. The van der Waals surface area contributed by atoms with E-state index in [1.54, 1.807) is 0 Å². The van der Waals surface area contributed by atoms with Gasteiger partial charge in [-0.1, -0.05) is 18.2 Å². The van der Waals surface area contributed by atoms with Crippen LogP contribution in [0.3, 0.4) is 0 Å². The van der Waals surface area contributed by atoms with Crippen LogP contribution in [0.2, 0.25) is 0 Å². The summed E-state index contributed by atoms with van der Waals surface area (Å²) in [7, 11) is 0. The number of amides is 2. The number of ether oxygens (including phenoxy) is 2. The Bertz CT molecular complexity index is 608. The van der Waals surface area contributed by atoms with Crippen LogP contribution >= 0.6 is 0 Å². The Morgan fingerprint density at radius 1 is 1.29 bits per heavy atom. The van der Waals surface area contributed by atoms with Gasteiger partial charge in [-0.05, 0) is 45.1 Å². The molecular formula is C19H26N2O3. The number of carbonyl (C=O) groups is 1. The van der Waals surface area contributed by atoms with Gasteiger partial charge in [0.05, 0.1) is 18.2 Å². The van der Waals surface area contributed by atoms with Crippen molar-refractivity contribution in [1.29, 1.82) is 0 Å². The minimum atomic E-state index is -0.117. The van der Waals surface area contributed by atoms with Crippen molar-refractivity contribution in [3.05, 3.63) is 29.8 Å². The maximum absolute atomic E-state index is 12.5. The van der Waals surface area contributed by atoms with E-state index >= 15 is 0 Å². The predicted octanol–water partition coefficient (Wildman–Crippen LogP) is 3.30. The van der Waals surface area contributed by atoms with Gasteiger partial charge in [0.15, 0.2) is 0 Å². The Labute approximate surface area is 143 Å². The Hall–Kier alpha value is -1.75. The number of rotatable bonds is 3. The van der Waals surface area contributed by atoms with Crippen LogP contribution < -0.4 is 15.4 Å². The van der Waals surface area contributed by atoms with Gasteiger partial charge in [-0.3, -0.25) is 0 Å². The Balaban J connectivity index is 1.43. The second-order valence-electron chi connectivity index (χ2n) is 7.39. The fraction of sp³-hybridized carbons (Fsp3) is 0.632. The van der Waals surface area contributed by atoms with Crippen LogP contribution in [0.5, 0.6) is 5.75 Å². The van der Waals surface area contributed by atoms with Crippen LogP contribution in [0.15, 0.2) is 24.3 Å². The van der Waals surface area contributed by atoms with Crippen molar-refractivity contribution in [3.8, 4) is 5.75 Å². The first-order valence-corrected chi connectivity index (χ1v) is 9.12. The van der Waals surface area contributed by atoms with Gasteiger partial charge in [0, 0.05) is 18.6 Å². The van der Waals surface area contributed by atoms with Crippen molar-refractivity contribution >= 4 is 6.03 Å². The average Bonchev–Trinajstić information content (AvgIpc) is 3.07. The SMILES string of the molecule is C[C@H](NC(=O)N[C@@H]1CC2(CCC2)Oc2ccccc21)[C@H]1CCCO1. The number of nitrogens with one attached hydrogen (secondary N) is 2. The molecule has 5 heteroatoms. The summed E-state index contributed by atoms with van der Waals surface area (Å²) < 4.78 is 11.9. The van der Waals surface area contributed by atoms with Crippen LogP contribution in [-0.4, -0.2) is 30.4 Å². The minimum absolute atomic E-state index is 0.00643. The van der Waals surface area contributed by atoms with E-state index in [-0.39, 0.29) is 29.8 Å². The second kappa shape index (κ2) is 6.28. The molecule has 1 aromatic carbocycles. The predicted molar refractivity (Wildman–Crippen MR) is 91.1 cm³/mol. The zero-order chi connectivity index (χ0) is 16.6. The smallest absolute Gasteiger partial charge is 0.315 e. The zero-order valence-electron chi connectivity index (χ0n) is 14.2. The van der Waals surface area contributed by atoms with Gasteiger partial charge in [-0.25, -0.2) is 4.79 Å². The Morgan fingerprint density at radius 3 is 2.83 bits per heavy atom. The maximum Gasteiger partial charge on any atom is 0.315 e. The van der Waals surface area contributed by atoms with E-state index in [1.807, 2.05) is 25.1 Å². The molecule has 3 aliphatic rings. The number of carbonyl (C=O) groups excluding carboxylic acids is 1. The van der Waals surface area contributed by atoms with Crippen LogP contribution in [-0.2, 0) is 4.74 Å². The molecular weight excluding hydrogens is 304 g/mol. The lowest BCUT2D eigenvalue weighted by Gasteiger charge is -2.48. The Kier molecular flexibility index (Phi) is 4.12. The highest BCUT2D eigenvalue weighted by Crippen LogP contribution is 2.48. The molecule has 24 heavy (non-hydrogen) atoms. The molecule has 130 valence electrons. The minimum Gasteiger partial charge on any atom is -0.487 e. The van der Waals surface area contributed by atoms with E-state index in [1.165, 1.54) is 6.42 Å². The molecule has 0 unspecified atom stereocenters. The molecule has 1 saturated heterocycles. The molecule has 1 aliphatic carbocycles. The summed E-state index contributed by atoms with van der Waals surface area (Å²) in [5.41, 5.74) is 1.00. The van der Waals surface area contributed by atoms with Gasteiger partial charge < -0.3 is 20.1 Å². The van der Waals surface area contributed by atoms with Crippen molar-refractivity contribution < 1.29 is 14.3 Å². The van der Waals surface area contributed by atoms with E-state index in [2.05, 4.69) is 16.7 Å². The number of hydrogen-bond acceptors (Lipinski definition) is 3. The molecule has 0 bridgehead atoms. The number of hydrogen-bond donors (Lipinski definition) is 2. The van der Waals surface area contributed by atoms with Crippen molar-refractivity contribution in [1.82, 2.24) is 10.6 Å². The third-order valence-electron chi connectivity index (χ3n) is 5.65. The average molecular weight is 330 g/mol. The van der Waals surface area contributed by atoms with E-state index in [4.69, 9.17) is 9.47 Å². The van der Waals surface area contributed by atoms with Crippen molar-refractivity contribution in [3.63, 3.8) is 0 Å². The summed E-state index contributed by atoms with van der Waals surface area (Å²) in [6, 6.07) is 7.97. The summed E-state index contributed by atoms with van der Waals surface area (Å²) in [4.78, 5) is 12.5. The molecule has 2 aliphatic heterocycles. The topological polar surface area (TPSA) is 59.6 Å². The van der Waals surface area contributed by atoms with Crippen LogP contribution in [0.1, 0.15) is 57.1 Å². The van der Waals surface area contributed by atoms with Gasteiger partial charge in [0.2, 0.25) is 0 Å². The summed E-state index contributed by atoms with van der Waals surface area (Å²) in [5, 5.41) is 6.21. The van der Waals surface area contributed by atoms with Gasteiger partial charge in [0.1, 0.15) is 11.4 Å². The van der Waals surface area contributed by atoms with Gasteiger partial charge in [0.25, 0.3) is 0 Å².